The summed E-state index contributed by atoms with van der Waals surface area (Å²) < 4.78 is 10.3. The largest absolute Gasteiger partial charge is 0.488 e. The fourth-order valence-corrected chi connectivity index (χ4v) is 2.11. The summed E-state index contributed by atoms with van der Waals surface area (Å²) in [5, 5.41) is 8.86. The summed E-state index contributed by atoms with van der Waals surface area (Å²) in [7, 11) is 3.09. The number of rotatable bonds is 3. The zero-order valence-electron chi connectivity index (χ0n) is 10.8. The predicted molar refractivity (Wildman–Crippen MR) is 67.7 cm³/mol. The van der Waals surface area contributed by atoms with E-state index in [2.05, 4.69) is 0 Å². The number of esters is 1. The van der Waals surface area contributed by atoms with Crippen molar-refractivity contribution in [3.05, 3.63) is 23.8 Å². The summed E-state index contributed by atoms with van der Waals surface area (Å²) in [5.41, 5.74) is 1.04. The van der Waals surface area contributed by atoms with Crippen LogP contribution in [-0.4, -0.2) is 43.9 Å². The van der Waals surface area contributed by atoms with Crippen molar-refractivity contribution in [2.45, 2.75) is 12.5 Å². The van der Waals surface area contributed by atoms with E-state index in [1.165, 1.54) is 7.11 Å². The highest BCUT2D eigenvalue weighted by molar-refractivity contribution is 5.95. The molecule has 0 saturated carbocycles. The third kappa shape index (κ3) is 2.47. The summed E-state index contributed by atoms with van der Waals surface area (Å²) in [5.74, 6) is -0.909. The zero-order valence-corrected chi connectivity index (χ0v) is 10.8. The molecule has 6 nitrogen and oxygen atoms in total. The van der Waals surface area contributed by atoms with Crippen molar-refractivity contribution < 1.29 is 24.2 Å². The van der Waals surface area contributed by atoms with Gasteiger partial charge in [-0.1, -0.05) is 6.07 Å². The van der Waals surface area contributed by atoms with E-state index >= 15 is 0 Å². The number of carboxylic acids is 1. The number of fused-ring (bicyclic) bond motifs is 1. The maximum atomic E-state index is 11.6. The highest BCUT2D eigenvalue weighted by atomic mass is 16.5. The molecule has 0 radical (unpaired) electrons. The number of ether oxygens (including phenoxy) is 2. The van der Waals surface area contributed by atoms with Gasteiger partial charge in [0.1, 0.15) is 12.2 Å². The second-order valence-electron chi connectivity index (χ2n) is 4.32. The summed E-state index contributed by atoms with van der Waals surface area (Å²) in [6.07, 6.45) is -0.0155. The molecule has 1 aromatic rings. The maximum absolute atomic E-state index is 11.6. The molecule has 6 heteroatoms. The van der Waals surface area contributed by atoms with Crippen molar-refractivity contribution in [3.8, 4) is 5.75 Å². The number of hydrogen-bond acceptors (Lipinski definition) is 5. The van der Waals surface area contributed by atoms with Crippen LogP contribution in [0.1, 0.15) is 16.8 Å². The van der Waals surface area contributed by atoms with Crippen LogP contribution in [0.15, 0.2) is 18.2 Å². The van der Waals surface area contributed by atoms with Gasteiger partial charge in [0.25, 0.3) is 0 Å². The Morgan fingerprint density at radius 3 is 2.89 bits per heavy atom. The minimum absolute atomic E-state index is 0.0155. The molecule has 1 heterocycles. The average molecular weight is 265 g/mol. The first-order chi connectivity index (χ1) is 9.04. The monoisotopic (exact) mass is 265 g/mol. The number of hydrogen-bond donors (Lipinski definition) is 1. The lowest BCUT2D eigenvalue weighted by Crippen LogP contribution is -2.42. The summed E-state index contributed by atoms with van der Waals surface area (Å²) in [6.45, 7) is 0.226. The Bertz CT molecular complexity index is 514. The van der Waals surface area contributed by atoms with Crippen LogP contribution in [-0.2, 0) is 9.53 Å². The number of carboxylic acid groups (broad SMARTS) is 1. The lowest BCUT2D eigenvalue weighted by Gasteiger charge is -2.35. The Balaban J connectivity index is 2.35. The Kier molecular flexibility index (Phi) is 3.59. The number of carbonyl (C=O) groups excluding carboxylic acids is 1. The fourth-order valence-electron chi connectivity index (χ4n) is 2.11. The van der Waals surface area contributed by atoms with Crippen LogP contribution in [0, 0.1) is 0 Å². The second-order valence-corrected chi connectivity index (χ2v) is 4.32. The van der Waals surface area contributed by atoms with Gasteiger partial charge in [0.05, 0.1) is 25.3 Å². The molecule has 0 amide bonds. The second kappa shape index (κ2) is 5.17. The number of nitrogens with zero attached hydrogens (tertiary/aromatic N) is 1. The van der Waals surface area contributed by atoms with E-state index in [9.17, 15) is 9.59 Å². The van der Waals surface area contributed by atoms with Gasteiger partial charge in [0.15, 0.2) is 5.75 Å². The van der Waals surface area contributed by atoms with E-state index in [4.69, 9.17) is 14.6 Å². The molecule has 0 saturated heterocycles. The van der Waals surface area contributed by atoms with Gasteiger partial charge in [0.2, 0.25) is 0 Å². The van der Waals surface area contributed by atoms with E-state index in [0.717, 1.165) is 0 Å². The van der Waals surface area contributed by atoms with Crippen LogP contribution in [0.5, 0.6) is 5.75 Å². The molecule has 1 aliphatic rings. The van der Waals surface area contributed by atoms with Crippen molar-refractivity contribution in [1.82, 2.24) is 0 Å². The molecule has 0 spiro atoms. The third-order valence-corrected chi connectivity index (χ3v) is 3.16. The minimum atomic E-state index is -0.881. The van der Waals surface area contributed by atoms with Crippen LogP contribution in [0.25, 0.3) is 0 Å². The first-order valence-corrected chi connectivity index (χ1v) is 5.83. The Morgan fingerprint density at radius 1 is 1.53 bits per heavy atom. The summed E-state index contributed by atoms with van der Waals surface area (Å²) in [4.78, 5) is 24.2. The van der Waals surface area contributed by atoms with Gasteiger partial charge in [-0.25, -0.2) is 4.79 Å². The summed E-state index contributed by atoms with van der Waals surface area (Å²) >= 11 is 0. The van der Waals surface area contributed by atoms with Gasteiger partial charge in [-0.2, -0.15) is 0 Å². The Morgan fingerprint density at radius 2 is 2.26 bits per heavy atom. The molecule has 2 rings (SSSR count). The van der Waals surface area contributed by atoms with Crippen molar-refractivity contribution in [1.29, 1.82) is 0 Å². The number of benzene rings is 1. The first-order valence-electron chi connectivity index (χ1n) is 5.83. The van der Waals surface area contributed by atoms with E-state index in [1.807, 2.05) is 4.90 Å². The number of aliphatic carboxylic acids is 1. The van der Waals surface area contributed by atoms with Gasteiger partial charge in [-0.15, -0.1) is 0 Å². The SMILES string of the molecule is COC(=O)c1cccc2c1OCC(CC(=O)O)N2C. The lowest BCUT2D eigenvalue weighted by molar-refractivity contribution is -0.137. The van der Waals surface area contributed by atoms with Crippen LogP contribution in [0.4, 0.5) is 5.69 Å². The van der Waals surface area contributed by atoms with Crippen molar-refractivity contribution >= 4 is 17.6 Å². The molecular weight excluding hydrogens is 250 g/mol. The van der Waals surface area contributed by atoms with E-state index in [-0.39, 0.29) is 19.1 Å². The molecule has 0 aromatic heterocycles. The number of methoxy groups -OCH3 is 1. The average Bonchev–Trinajstić information content (AvgIpc) is 2.40. The van der Waals surface area contributed by atoms with Crippen molar-refractivity contribution in [3.63, 3.8) is 0 Å². The van der Waals surface area contributed by atoms with E-state index in [0.29, 0.717) is 17.0 Å². The quantitative estimate of drug-likeness (QED) is 0.826. The fraction of sp³-hybridized carbons (Fsp3) is 0.385. The van der Waals surface area contributed by atoms with Crippen LogP contribution < -0.4 is 9.64 Å². The number of carbonyl (C=O) groups is 2. The molecule has 1 N–H and O–H groups in total. The summed E-state index contributed by atoms with van der Waals surface area (Å²) in [6, 6.07) is 4.87. The van der Waals surface area contributed by atoms with Crippen LogP contribution >= 0.6 is 0 Å². The third-order valence-electron chi connectivity index (χ3n) is 3.16. The molecular formula is C13H15NO5. The molecule has 19 heavy (non-hydrogen) atoms. The number of para-hydroxylation sites is 1. The molecule has 1 aliphatic heterocycles. The zero-order chi connectivity index (χ0) is 14.0. The topological polar surface area (TPSA) is 76.1 Å². The van der Waals surface area contributed by atoms with Gasteiger partial charge in [0, 0.05) is 7.05 Å². The minimum Gasteiger partial charge on any atom is -0.488 e. The van der Waals surface area contributed by atoms with E-state index in [1.54, 1.807) is 25.2 Å². The van der Waals surface area contributed by atoms with Crippen molar-refractivity contribution in [2.75, 3.05) is 25.7 Å². The smallest absolute Gasteiger partial charge is 0.341 e. The van der Waals surface area contributed by atoms with Gasteiger partial charge < -0.3 is 19.5 Å². The predicted octanol–water partition coefficient (Wildman–Crippen LogP) is 1.15. The van der Waals surface area contributed by atoms with Crippen LogP contribution in [0.2, 0.25) is 0 Å². The molecule has 102 valence electrons. The molecule has 0 aliphatic carbocycles. The van der Waals surface area contributed by atoms with E-state index < -0.39 is 11.9 Å². The highest BCUT2D eigenvalue weighted by Gasteiger charge is 2.29. The first kappa shape index (κ1) is 13.2. The van der Waals surface area contributed by atoms with Gasteiger partial charge in [-0.3, -0.25) is 4.79 Å². The van der Waals surface area contributed by atoms with Gasteiger partial charge >= 0.3 is 11.9 Å². The highest BCUT2D eigenvalue weighted by Crippen LogP contribution is 2.36. The Hall–Kier alpha value is -2.24. The normalized spacial score (nSPS) is 17.4. The maximum Gasteiger partial charge on any atom is 0.341 e. The Labute approximate surface area is 110 Å². The molecule has 0 fully saturated rings. The number of likely N-dealkylation sites (N-methyl/N-ethyl adjacent to an activating group) is 1. The molecule has 1 atom stereocenters. The molecule has 1 aromatic carbocycles. The standard InChI is InChI=1S/C13H15NO5/c1-14-8(6-11(15)16)7-19-12-9(13(17)18-2)4-3-5-10(12)14/h3-5,8H,6-7H2,1-2H3,(H,15,16). The van der Waals surface area contributed by atoms with Crippen molar-refractivity contribution in [2.24, 2.45) is 0 Å². The number of anilines is 1. The lowest BCUT2D eigenvalue weighted by atomic mass is 10.1. The van der Waals surface area contributed by atoms with Crippen LogP contribution in [0.3, 0.4) is 0 Å². The molecule has 0 bridgehead atoms. The van der Waals surface area contributed by atoms with Gasteiger partial charge in [-0.05, 0) is 12.1 Å². The molecule has 1 unspecified atom stereocenters.